The maximum atomic E-state index is 13.6. The Hall–Kier alpha value is -1.00. The van der Waals surface area contributed by atoms with E-state index in [0.29, 0.717) is 0 Å². The minimum absolute atomic E-state index is 0.0372. The molecule has 0 amide bonds. The molecule has 0 aliphatic carbocycles. The van der Waals surface area contributed by atoms with Crippen molar-refractivity contribution in [2.75, 3.05) is 13.2 Å². The smallest absolute Gasteiger partial charge is 0.296 e. The molecule has 0 fully saturated rings. The van der Waals surface area contributed by atoms with Gasteiger partial charge in [-0.1, -0.05) is 30.3 Å². The van der Waals surface area contributed by atoms with Gasteiger partial charge in [-0.2, -0.15) is 8.78 Å². The summed E-state index contributed by atoms with van der Waals surface area (Å²) in [5.41, 5.74) is 5.01. The molecule has 4 heteroatoms. The van der Waals surface area contributed by atoms with Gasteiger partial charge in [-0.3, -0.25) is 0 Å². The first-order valence-corrected chi connectivity index (χ1v) is 5.11. The van der Waals surface area contributed by atoms with Crippen LogP contribution in [0.4, 0.5) is 8.78 Å². The van der Waals surface area contributed by atoms with Gasteiger partial charge in [0.2, 0.25) is 0 Å². The molecule has 16 heavy (non-hydrogen) atoms. The van der Waals surface area contributed by atoms with Crippen molar-refractivity contribution in [2.45, 2.75) is 25.3 Å². The number of benzene rings is 1. The molecular formula is C12H17F2NO. The summed E-state index contributed by atoms with van der Waals surface area (Å²) in [7, 11) is 0. The van der Waals surface area contributed by atoms with Crippen LogP contribution in [0.1, 0.15) is 19.4 Å². The highest BCUT2D eigenvalue weighted by Gasteiger charge is 2.32. The highest BCUT2D eigenvalue weighted by atomic mass is 19.3. The van der Waals surface area contributed by atoms with Crippen LogP contribution >= 0.6 is 0 Å². The summed E-state index contributed by atoms with van der Waals surface area (Å²) in [5, 5.41) is 0. The predicted octanol–water partition coefficient (Wildman–Crippen LogP) is 2.53. The van der Waals surface area contributed by atoms with E-state index in [2.05, 4.69) is 0 Å². The highest BCUT2D eigenvalue weighted by molar-refractivity contribution is 5.19. The van der Waals surface area contributed by atoms with Gasteiger partial charge in [0.15, 0.2) is 0 Å². The van der Waals surface area contributed by atoms with Crippen molar-refractivity contribution < 1.29 is 13.5 Å². The van der Waals surface area contributed by atoms with Crippen LogP contribution in [0.3, 0.4) is 0 Å². The van der Waals surface area contributed by atoms with Crippen LogP contribution in [0.25, 0.3) is 0 Å². The van der Waals surface area contributed by atoms with E-state index in [4.69, 9.17) is 10.5 Å². The molecule has 0 radical (unpaired) electrons. The molecule has 0 saturated carbocycles. The molecule has 0 aliphatic rings. The first-order chi connectivity index (χ1) is 7.31. The topological polar surface area (TPSA) is 35.2 Å². The number of ether oxygens (including phenoxy) is 1. The molecule has 0 spiro atoms. The van der Waals surface area contributed by atoms with Gasteiger partial charge in [-0.25, -0.2) is 0 Å². The minimum atomic E-state index is -2.97. The number of halogens is 2. The molecule has 2 N–H and O–H groups in total. The van der Waals surface area contributed by atoms with Crippen molar-refractivity contribution in [3.05, 3.63) is 35.9 Å². The molecule has 1 aromatic rings. The fourth-order valence-electron chi connectivity index (χ4n) is 1.21. The van der Waals surface area contributed by atoms with Crippen molar-refractivity contribution in [1.29, 1.82) is 0 Å². The largest absolute Gasteiger partial charge is 0.373 e. The lowest BCUT2D eigenvalue weighted by atomic mass is 10.1. The lowest BCUT2D eigenvalue weighted by Gasteiger charge is -2.22. The second kappa shape index (κ2) is 4.89. The molecule has 0 bridgehead atoms. The first kappa shape index (κ1) is 13.1. The fraction of sp³-hybridized carbons (Fsp3) is 0.500. The van der Waals surface area contributed by atoms with Gasteiger partial charge in [0, 0.05) is 11.1 Å². The fourth-order valence-corrected chi connectivity index (χ4v) is 1.21. The summed E-state index contributed by atoms with van der Waals surface area (Å²) in [6.07, 6.45) is 0. The van der Waals surface area contributed by atoms with E-state index in [-0.39, 0.29) is 12.2 Å². The third-order valence-corrected chi connectivity index (χ3v) is 1.95. The Morgan fingerprint density at radius 2 is 1.69 bits per heavy atom. The highest BCUT2D eigenvalue weighted by Crippen LogP contribution is 2.27. The molecule has 0 saturated heterocycles. The van der Waals surface area contributed by atoms with Gasteiger partial charge in [-0.05, 0) is 13.8 Å². The van der Waals surface area contributed by atoms with Crippen LogP contribution in [0.2, 0.25) is 0 Å². The number of alkyl halides is 2. The zero-order valence-corrected chi connectivity index (χ0v) is 9.54. The maximum absolute atomic E-state index is 13.6. The van der Waals surface area contributed by atoms with E-state index < -0.39 is 18.1 Å². The Morgan fingerprint density at radius 1 is 1.12 bits per heavy atom. The van der Waals surface area contributed by atoms with Crippen LogP contribution in [-0.4, -0.2) is 18.8 Å². The predicted molar refractivity (Wildman–Crippen MR) is 59.4 cm³/mol. The van der Waals surface area contributed by atoms with Gasteiger partial charge in [0.1, 0.15) is 6.61 Å². The number of rotatable bonds is 5. The third kappa shape index (κ3) is 4.24. The zero-order chi connectivity index (χ0) is 12.2. The molecular weight excluding hydrogens is 212 g/mol. The molecule has 0 heterocycles. The summed E-state index contributed by atoms with van der Waals surface area (Å²) in [6.45, 7) is 2.92. The standard InChI is InChI=1S/C12H17F2NO/c1-11(2,15)8-16-9-12(13,14)10-6-4-3-5-7-10/h3-7H,8-9,15H2,1-2H3. The second-order valence-corrected chi connectivity index (χ2v) is 4.55. The first-order valence-electron chi connectivity index (χ1n) is 5.11. The number of nitrogens with two attached hydrogens (primary N) is 1. The van der Waals surface area contributed by atoms with Crippen molar-refractivity contribution in [1.82, 2.24) is 0 Å². The van der Waals surface area contributed by atoms with Crippen LogP contribution in [0, 0.1) is 0 Å². The molecule has 0 aliphatic heterocycles. The van der Waals surface area contributed by atoms with E-state index in [1.165, 1.54) is 12.1 Å². The van der Waals surface area contributed by atoms with E-state index in [1.54, 1.807) is 32.0 Å². The van der Waals surface area contributed by atoms with E-state index >= 15 is 0 Å². The SMILES string of the molecule is CC(C)(N)COCC(F)(F)c1ccccc1. The normalized spacial score (nSPS) is 12.8. The zero-order valence-electron chi connectivity index (χ0n) is 9.54. The molecule has 2 nitrogen and oxygen atoms in total. The lowest BCUT2D eigenvalue weighted by Crippen LogP contribution is -2.38. The third-order valence-electron chi connectivity index (χ3n) is 1.95. The van der Waals surface area contributed by atoms with Gasteiger partial charge >= 0.3 is 0 Å². The summed E-state index contributed by atoms with van der Waals surface area (Å²) in [6, 6.07) is 7.63. The van der Waals surface area contributed by atoms with Gasteiger partial charge < -0.3 is 10.5 Å². The van der Waals surface area contributed by atoms with Gasteiger partial charge in [0.05, 0.1) is 6.61 Å². The molecule has 1 rings (SSSR count). The van der Waals surface area contributed by atoms with E-state index in [9.17, 15) is 8.78 Å². The Balaban J connectivity index is 2.53. The average molecular weight is 229 g/mol. The Kier molecular flexibility index (Phi) is 3.99. The summed E-state index contributed by atoms with van der Waals surface area (Å²) < 4.78 is 32.1. The molecule has 0 atom stereocenters. The molecule has 90 valence electrons. The van der Waals surface area contributed by atoms with Crippen molar-refractivity contribution in [3.8, 4) is 0 Å². The van der Waals surface area contributed by atoms with Crippen LogP contribution in [-0.2, 0) is 10.7 Å². The maximum Gasteiger partial charge on any atom is 0.296 e. The number of hydrogen-bond acceptors (Lipinski definition) is 2. The van der Waals surface area contributed by atoms with Crippen LogP contribution < -0.4 is 5.73 Å². The lowest BCUT2D eigenvalue weighted by molar-refractivity contribution is -0.0887. The monoisotopic (exact) mass is 229 g/mol. The molecule has 0 unspecified atom stereocenters. The van der Waals surface area contributed by atoms with Gasteiger partial charge in [-0.15, -0.1) is 0 Å². The van der Waals surface area contributed by atoms with E-state index in [0.717, 1.165) is 0 Å². The summed E-state index contributed by atoms with van der Waals surface area (Å²) in [4.78, 5) is 0. The summed E-state index contributed by atoms with van der Waals surface area (Å²) in [5.74, 6) is -2.97. The van der Waals surface area contributed by atoms with E-state index in [1.807, 2.05) is 0 Å². The Morgan fingerprint density at radius 3 is 2.19 bits per heavy atom. The quantitative estimate of drug-likeness (QED) is 0.842. The molecule has 0 aromatic heterocycles. The number of hydrogen-bond donors (Lipinski definition) is 1. The van der Waals surface area contributed by atoms with Crippen molar-refractivity contribution >= 4 is 0 Å². The van der Waals surface area contributed by atoms with Crippen LogP contribution in [0.5, 0.6) is 0 Å². The summed E-state index contributed by atoms with van der Waals surface area (Å²) >= 11 is 0. The minimum Gasteiger partial charge on any atom is -0.373 e. The van der Waals surface area contributed by atoms with Crippen molar-refractivity contribution in [3.63, 3.8) is 0 Å². The Labute approximate surface area is 94.4 Å². The molecule has 1 aromatic carbocycles. The van der Waals surface area contributed by atoms with Crippen molar-refractivity contribution in [2.24, 2.45) is 5.73 Å². The van der Waals surface area contributed by atoms with Gasteiger partial charge in [0.25, 0.3) is 5.92 Å². The van der Waals surface area contributed by atoms with Crippen LogP contribution in [0.15, 0.2) is 30.3 Å². The Bertz CT molecular complexity index is 320. The second-order valence-electron chi connectivity index (χ2n) is 4.55. The average Bonchev–Trinajstić information content (AvgIpc) is 2.17.